The van der Waals surface area contributed by atoms with E-state index >= 15 is 0 Å². The molecule has 126 valence electrons. The van der Waals surface area contributed by atoms with E-state index < -0.39 is 5.78 Å². The van der Waals surface area contributed by atoms with Crippen molar-refractivity contribution in [2.24, 2.45) is 0 Å². The standard InChI is InChI=1S/C17H13N3O5/c1-10(21)11-2-4-12(5-3-11)25-17-13(6-7-24-17)14(22)8-15(23)16-18-9-19-20-16/h2-9,22H,1H3,(H,18,19,20). The Morgan fingerprint density at radius 3 is 2.64 bits per heavy atom. The SMILES string of the molecule is CC(=O)c1ccc(Oc2occc2C(O)=CC(=O)c2ncn[nH]2)cc1. The van der Waals surface area contributed by atoms with Crippen molar-refractivity contribution in [2.75, 3.05) is 0 Å². The van der Waals surface area contributed by atoms with Crippen LogP contribution in [0.25, 0.3) is 5.76 Å². The molecule has 0 aliphatic rings. The van der Waals surface area contributed by atoms with E-state index in [1.165, 1.54) is 25.6 Å². The molecular weight excluding hydrogens is 326 g/mol. The molecule has 0 bridgehead atoms. The molecule has 1 aromatic carbocycles. The number of nitrogens with one attached hydrogen (secondary N) is 1. The zero-order valence-corrected chi connectivity index (χ0v) is 13.1. The van der Waals surface area contributed by atoms with Gasteiger partial charge in [0.05, 0.1) is 6.26 Å². The Hall–Kier alpha value is -3.68. The number of hydrogen-bond acceptors (Lipinski definition) is 7. The van der Waals surface area contributed by atoms with E-state index in [9.17, 15) is 14.7 Å². The van der Waals surface area contributed by atoms with Crippen molar-refractivity contribution in [3.63, 3.8) is 0 Å². The molecule has 0 aliphatic carbocycles. The zero-order valence-electron chi connectivity index (χ0n) is 13.1. The summed E-state index contributed by atoms with van der Waals surface area (Å²) in [5.41, 5.74) is 0.746. The summed E-state index contributed by atoms with van der Waals surface area (Å²) >= 11 is 0. The van der Waals surface area contributed by atoms with Crippen LogP contribution in [0.1, 0.15) is 33.5 Å². The van der Waals surface area contributed by atoms with Crippen molar-refractivity contribution in [3.8, 4) is 11.7 Å². The van der Waals surface area contributed by atoms with Crippen LogP contribution in [-0.2, 0) is 0 Å². The lowest BCUT2D eigenvalue weighted by Crippen LogP contribution is -1.99. The van der Waals surface area contributed by atoms with E-state index in [1.54, 1.807) is 24.3 Å². The number of rotatable bonds is 6. The Bertz CT molecular complexity index is 924. The van der Waals surface area contributed by atoms with Gasteiger partial charge in [0.1, 0.15) is 23.4 Å². The molecule has 0 aliphatic heterocycles. The van der Waals surface area contributed by atoms with Crippen LogP contribution in [0.15, 0.2) is 53.4 Å². The van der Waals surface area contributed by atoms with Crippen molar-refractivity contribution < 1.29 is 23.8 Å². The van der Waals surface area contributed by atoms with Gasteiger partial charge in [-0.3, -0.25) is 14.7 Å². The van der Waals surface area contributed by atoms with E-state index in [-0.39, 0.29) is 28.9 Å². The van der Waals surface area contributed by atoms with Gasteiger partial charge in [0.2, 0.25) is 5.78 Å². The Morgan fingerprint density at radius 1 is 1.24 bits per heavy atom. The molecule has 8 heteroatoms. The number of carbonyl (C=O) groups is 2. The Kier molecular flexibility index (Phi) is 4.42. The second-order valence-corrected chi connectivity index (χ2v) is 5.03. The summed E-state index contributed by atoms with van der Waals surface area (Å²) in [4.78, 5) is 26.9. The van der Waals surface area contributed by atoms with Gasteiger partial charge in [-0.05, 0) is 37.3 Å². The van der Waals surface area contributed by atoms with Crippen LogP contribution < -0.4 is 4.74 Å². The van der Waals surface area contributed by atoms with Gasteiger partial charge in [-0.15, -0.1) is 0 Å². The molecule has 0 radical (unpaired) electrons. The van der Waals surface area contributed by atoms with Gasteiger partial charge in [-0.1, -0.05) is 0 Å². The number of nitrogens with zero attached hydrogens (tertiary/aromatic N) is 2. The predicted molar refractivity (Wildman–Crippen MR) is 86.5 cm³/mol. The number of allylic oxidation sites excluding steroid dienone is 1. The molecule has 2 N–H and O–H groups in total. The second kappa shape index (κ2) is 6.83. The number of aromatic amines is 1. The predicted octanol–water partition coefficient (Wildman–Crippen LogP) is 3.17. The molecule has 3 rings (SSSR count). The number of Topliss-reactive ketones (excluding diaryl/α,β-unsaturated/α-hetero) is 1. The summed E-state index contributed by atoms with van der Waals surface area (Å²) in [6, 6.07) is 7.89. The van der Waals surface area contributed by atoms with Gasteiger partial charge in [0, 0.05) is 11.6 Å². The smallest absolute Gasteiger partial charge is 0.301 e. The molecule has 0 unspecified atom stereocenters. The average Bonchev–Trinajstić information content (AvgIpc) is 3.27. The van der Waals surface area contributed by atoms with Crippen LogP contribution in [0.3, 0.4) is 0 Å². The lowest BCUT2D eigenvalue weighted by atomic mass is 10.1. The topological polar surface area (TPSA) is 118 Å². The highest BCUT2D eigenvalue weighted by molar-refractivity contribution is 6.05. The van der Waals surface area contributed by atoms with Crippen LogP contribution in [0.4, 0.5) is 0 Å². The van der Waals surface area contributed by atoms with E-state index in [2.05, 4.69) is 15.2 Å². The van der Waals surface area contributed by atoms with Crippen LogP contribution >= 0.6 is 0 Å². The molecule has 0 saturated carbocycles. The fourth-order valence-corrected chi connectivity index (χ4v) is 2.02. The summed E-state index contributed by atoms with van der Waals surface area (Å²) < 4.78 is 10.8. The minimum atomic E-state index is -0.548. The molecule has 0 amide bonds. The van der Waals surface area contributed by atoms with E-state index in [0.29, 0.717) is 11.3 Å². The number of furan rings is 1. The van der Waals surface area contributed by atoms with Gasteiger partial charge >= 0.3 is 5.95 Å². The lowest BCUT2D eigenvalue weighted by Gasteiger charge is -2.05. The molecule has 0 fully saturated rings. The molecular formula is C17H13N3O5. The first-order chi connectivity index (χ1) is 12.0. The average molecular weight is 339 g/mol. The fraction of sp³-hybridized carbons (Fsp3) is 0.0588. The van der Waals surface area contributed by atoms with Crippen LogP contribution in [0, 0.1) is 0 Å². The number of H-pyrrole nitrogens is 1. The molecule has 0 atom stereocenters. The third kappa shape index (κ3) is 3.63. The fourth-order valence-electron chi connectivity index (χ4n) is 2.02. The molecule has 3 aromatic rings. The Balaban J connectivity index is 1.80. The maximum Gasteiger partial charge on any atom is 0.301 e. The highest BCUT2D eigenvalue weighted by Crippen LogP contribution is 2.30. The number of carbonyl (C=O) groups excluding carboxylic acids is 2. The molecule has 0 saturated heterocycles. The quantitative estimate of drug-likeness (QED) is 0.402. The maximum absolute atomic E-state index is 11.9. The monoisotopic (exact) mass is 339 g/mol. The number of hydrogen-bond donors (Lipinski definition) is 2. The van der Waals surface area contributed by atoms with E-state index in [0.717, 1.165) is 6.08 Å². The van der Waals surface area contributed by atoms with Gasteiger partial charge in [0.15, 0.2) is 11.6 Å². The minimum Gasteiger partial charge on any atom is -0.507 e. The molecule has 2 aromatic heterocycles. The van der Waals surface area contributed by atoms with Crippen molar-refractivity contribution in [1.82, 2.24) is 15.2 Å². The number of aromatic nitrogens is 3. The Labute approximate surface area is 141 Å². The highest BCUT2D eigenvalue weighted by Gasteiger charge is 2.16. The third-order valence-electron chi connectivity index (χ3n) is 3.29. The third-order valence-corrected chi connectivity index (χ3v) is 3.29. The van der Waals surface area contributed by atoms with Crippen LogP contribution in [0.2, 0.25) is 0 Å². The van der Waals surface area contributed by atoms with Crippen molar-refractivity contribution in [3.05, 3.63) is 65.9 Å². The Morgan fingerprint density at radius 2 is 2.00 bits per heavy atom. The largest absolute Gasteiger partial charge is 0.507 e. The molecule has 8 nitrogen and oxygen atoms in total. The van der Waals surface area contributed by atoms with Gasteiger partial charge in [-0.25, -0.2) is 4.98 Å². The first kappa shape index (κ1) is 16.2. The summed E-state index contributed by atoms with van der Waals surface area (Å²) in [5.74, 6) is -0.530. The first-order valence-electron chi connectivity index (χ1n) is 7.21. The number of aliphatic hydroxyl groups excluding tert-OH is 1. The van der Waals surface area contributed by atoms with Crippen molar-refractivity contribution in [2.45, 2.75) is 6.92 Å². The van der Waals surface area contributed by atoms with Crippen LogP contribution in [-0.4, -0.2) is 31.9 Å². The number of benzene rings is 1. The lowest BCUT2D eigenvalue weighted by molar-refractivity contribution is 0.101. The summed E-state index contributed by atoms with van der Waals surface area (Å²) in [6.45, 7) is 1.47. The van der Waals surface area contributed by atoms with Crippen LogP contribution in [0.5, 0.6) is 11.7 Å². The first-order valence-corrected chi connectivity index (χ1v) is 7.21. The number of aliphatic hydroxyl groups is 1. The second-order valence-electron chi connectivity index (χ2n) is 5.03. The van der Waals surface area contributed by atoms with Gasteiger partial charge in [-0.2, -0.15) is 5.10 Å². The normalized spacial score (nSPS) is 11.3. The zero-order chi connectivity index (χ0) is 17.8. The van der Waals surface area contributed by atoms with E-state index in [4.69, 9.17) is 9.15 Å². The van der Waals surface area contributed by atoms with Gasteiger partial charge < -0.3 is 14.3 Å². The van der Waals surface area contributed by atoms with Gasteiger partial charge in [0.25, 0.3) is 0 Å². The van der Waals surface area contributed by atoms with Crippen molar-refractivity contribution >= 4 is 17.3 Å². The molecule has 25 heavy (non-hydrogen) atoms. The summed E-state index contributed by atoms with van der Waals surface area (Å²) in [5, 5.41) is 16.1. The molecule has 2 heterocycles. The minimum absolute atomic E-state index is 0.00247. The summed E-state index contributed by atoms with van der Waals surface area (Å²) in [6.07, 6.45) is 3.49. The number of ketones is 2. The molecule has 0 spiro atoms. The van der Waals surface area contributed by atoms with Crippen molar-refractivity contribution in [1.29, 1.82) is 0 Å². The van der Waals surface area contributed by atoms with E-state index in [1.807, 2.05) is 0 Å². The number of ether oxygens (including phenoxy) is 1. The highest BCUT2D eigenvalue weighted by atomic mass is 16.6. The maximum atomic E-state index is 11.9. The summed E-state index contributed by atoms with van der Waals surface area (Å²) in [7, 11) is 0.